The van der Waals surface area contributed by atoms with Gasteiger partial charge < -0.3 is 5.73 Å². The molecule has 6 aromatic rings. The van der Waals surface area contributed by atoms with Crippen molar-refractivity contribution in [2.24, 2.45) is 0 Å². The lowest BCUT2D eigenvalue weighted by atomic mass is 9.81. The summed E-state index contributed by atoms with van der Waals surface area (Å²) < 4.78 is 0. The number of para-hydroxylation sites is 1. The molecule has 1 nitrogen and oxygen atoms in total. The van der Waals surface area contributed by atoms with E-state index in [0.29, 0.717) is 0 Å². The molecular weight excluding hydrogens is 555 g/mol. The van der Waals surface area contributed by atoms with Crippen LogP contribution < -0.4 is 5.73 Å². The number of anilines is 1. The minimum Gasteiger partial charge on any atom is -0.398 e. The summed E-state index contributed by atoms with van der Waals surface area (Å²) >= 11 is 0. The Morgan fingerprint density at radius 3 is 1.87 bits per heavy atom. The number of rotatable bonds is 8. The quantitative estimate of drug-likeness (QED) is 0.174. The highest BCUT2D eigenvalue weighted by molar-refractivity contribution is 5.89. The Hall–Kier alpha value is -5.14. The van der Waals surface area contributed by atoms with Crippen molar-refractivity contribution in [2.75, 3.05) is 5.73 Å². The Kier molecular flexibility index (Phi) is 7.93. The van der Waals surface area contributed by atoms with Crippen LogP contribution in [0.2, 0.25) is 0 Å². The molecule has 0 aliphatic heterocycles. The maximum Gasteiger partial charge on any atom is 0.0473 e. The topological polar surface area (TPSA) is 26.0 Å². The van der Waals surface area contributed by atoms with E-state index in [2.05, 4.69) is 160 Å². The van der Waals surface area contributed by atoms with Crippen LogP contribution in [-0.4, -0.2) is 0 Å². The smallest absolute Gasteiger partial charge is 0.0473 e. The molecule has 0 amide bonds. The SMILES string of the molecule is CCC/C(=C\Cc1ccc(-c2ccc3c(c2)C(C)(C)c2ccccc2-3)cc1)c1ccc(-c2cccc(-c3ccccc3)c2N)cc1. The van der Waals surface area contributed by atoms with Gasteiger partial charge in [0, 0.05) is 22.2 Å². The van der Waals surface area contributed by atoms with E-state index in [1.807, 2.05) is 6.07 Å². The van der Waals surface area contributed by atoms with Gasteiger partial charge in [-0.2, -0.15) is 0 Å². The molecule has 0 heterocycles. The van der Waals surface area contributed by atoms with Crippen LogP contribution >= 0.6 is 0 Å². The van der Waals surface area contributed by atoms with Crippen LogP contribution in [0.25, 0.3) is 50.1 Å². The fourth-order valence-corrected chi connectivity index (χ4v) is 7.14. The number of nitrogen functional groups attached to an aromatic ring is 1. The Bertz CT molecular complexity index is 2030. The molecule has 2 N–H and O–H groups in total. The minimum absolute atomic E-state index is 0.0133. The fraction of sp³-hybridized carbons (Fsp3) is 0.156. The highest BCUT2D eigenvalue weighted by Crippen LogP contribution is 2.49. The van der Waals surface area contributed by atoms with Gasteiger partial charge in [0.05, 0.1) is 0 Å². The lowest BCUT2D eigenvalue weighted by Crippen LogP contribution is -2.14. The van der Waals surface area contributed by atoms with E-state index in [4.69, 9.17) is 5.73 Å². The third-order valence-corrected chi connectivity index (χ3v) is 9.73. The molecule has 1 aliphatic rings. The van der Waals surface area contributed by atoms with Crippen LogP contribution in [0.15, 0.2) is 146 Å². The number of nitrogens with two attached hydrogens (primary N) is 1. The first-order valence-electron chi connectivity index (χ1n) is 16.5. The molecule has 6 aromatic carbocycles. The highest BCUT2D eigenvalue weighted by atomic mass is 14.6. The van der Waals surface area contributed by atoms with Crippen LogP contribution in [0.5, 0.6) is 0 Å². The zero-order valence-corrected chi connectivity index (χ0v) is 27.1. The Balaban J connectivity index is 1.09. The standard InChI is InChI=1S/C45H41N/c1-4-11-32(33-24-26-36(27-25-33)39-16-10-15-38(44(39)46)35-12-6-5-7-13-35)21-18-31-19-22-34(23-20-31)37-28-29-41-40-14-8-9-17-42(40)45(2,3)43(41)30-37/h5-10,12-17,19-30H,4,11,18,46H2,1-3H3/b32-21+. The summed E-state index contributed by atoms with van der Waals surface area (Å²) in [6.45, 7) is 6.94. The van der Waals surface area contributed by atoms with Crippen LogP contribution in [0.3, 0.4) is 0 Å². The summed E-state index contributed by atoms with van der Waals surface area (Å²) in [7, 11) is 0. The van der Waals surface area contributed by atoms with Gasteiger partial charge in [0.15, 0.2) is 0 Å². The van der Waals surface area contributed by atoms with E-state index in [9.17, 15) is 0 Å². The minimum atomic E-state index is 0.0133. The Morgan fingerprint density at radius 1 is 0.565 bits per heavy atom. The van der Waals surface area contributed by atoms with Crippen LogP contribution in [0, 0.1) is 0 Å². The summed E-state index contributed by atoms with van der Waals surface area (Å²) in [6, 6.07) is 50.6. The van der Waals surface area contributed by atoms with Gasteiger partial charge in [-0.15, -0.1) is 0 Å². The maximum atomic E-state index is 6.70. The van der Waals surface area contributed by atoms with Gasteiger partial charge in [0.1, 0.15) is 0 Å². The summed E-state index contributed by atoms with van der Waals surface area (Å²) in [6.07, 6.45) is 5.48. The van der Waals surface area contributed by atoms with Gasteiger partial charge in [-0.25, -0.2) is 0 Å². The van der Waals surface area contributed by atoms with Gasteiger partial charge in [0.25, 0.3) is 0 Å². The van der Waals surface area contributed by atoms with Gasteiger partial charge in [-0.1, -0.05) is 167 Å². The van der Waals surface area contributed by atoms with Gasteiger partial charge in [-0.05, 0) is 80.1 Å². The average Bonchev–Trinajstić information content (AvgIpc) is 3.33. The molecule has 0 saturated heterocycles. The van der Waals surface area contributed by atoms with Gasteiger partial charge >= 0.3 is 0 Å². The monoisotopic (exact) mass is 595 g/mol. The van der Waals surface area contributed by atoms with Gasteiger partial charge in [0.2, 0.25) is 0 Å². The molecule has 226 valence electrons. The van der Waals surface area contributed by atoms with Crippen LogP contribution in [0.1, 0.15) is 55.9 Å². The van der Waals surface area contributed by atoms with Crippen molar-refractivity contribution >= 4 is 11.3 Å². The van der Waals surface area contributed by atoms with E-state index >= 15 is 0 Å². The van der Waals surface area contributed by atoms with Crippen molar-refractivity contribution in [3.63, 3.8) is 0 Å². The lowest BCUT2D eigenvalue weighted by molar-refractivity contribution is 0.660. The van der Waals surface area contributed by atoms with E-state index in [-0.39, 0.29) is 5.41 Å². The third-order valence-electron chi connectivity index (χ3n) is 9.73. The number of benzene rings is 6. The largest absolute Gasteiger partial charge is 0.398 e. The molecule has 1 heteroatoms. The van der Waals surface area contributed by atoms with Crippen molar-refractivity contribution in [3.8, 4) is 44.5 Å². The molecular formula is C45H41N. The molecule has 0 aromatic heterocycles. The normalized spacial score (nSPS) is 13.3. The molecule has 0 bridgehead atoms. The van der Waals surface area contributed by atoms with E-state index in [1.165, 1.54) is 50.1 Å². The molecule has 0 saturated carbocycles. The summed E-state index contributed by atoms with van der Waals surface area (Å²) in [5.74, 6) is 0. The molecule has 0 spiro atoms. The molecule has 1 aliphatic carbocycles. The predicted octanol–water partition coefficient (Wildman–Crippen LogP) is 12.0. The van der Waals surface area contributed by atoms with Crippen molar-refractivity contribution in [2.45, 2.75) is 45.4 Å². The molecule has 0 atom stereocenters. The van der Waals surface area contributed by atoms with E-state index in [0.717, 1.165) is 47.2 Å². The Labute approximate surface area is 274 Å². The molecule has 46 heavy (non-hydrogen) atoms. The van der Waals surface area contributed by atoms with Crippen molar-refractivity contribution in [1.82, 2.24) is 0 Å². The second-order valence-electron chi connectivity index (χ2n) is 13.0. The maximum absolute atomic E-state index is 6.70. The molecule has 7 rings (SSSR count). The Morgan fingerprint density at radius 2 is 1.15 bits per heavy atom. The first kappa shape index (κ1) is 29.6. The first-order valence-corrected chi connectivity index (χ1v) is 16.5. The number of hydrogen-bond donors (Lipinski definition) is 1. The van der Waals surface area contributed by atoms with Crippen molar-refractivity contribution < 1.29 is 0 Å². The van der Waals surface area contributed by atoms with Crippen LogP contribution in [-0.2, 0) is 11.8 Å². The van der Waals surface area contributed by atoms with Crippen LogP contribution in [0.4, 0.5) is 5.69 Å². The molecule has 0 unspecified atom stereocenters. The predicted molar refractivity (Wildman–Crippen MR) is 198 cm³/mol. The average molecular weight is 596 g/mol. The first-order chi connectivity index (χ1) is 22.4. The number of hydrogen-bond acceptors (Lipinski definition) is 1. The summed E-state index contributed by atoms with van der Waals surface area (Å²) in [5.41, 5.74) is 24.1. The second-order valence-corrected chi connectivity index (χ2v) is 13.0. The van der Waals surface area contributed by atoms with Gasteiger partial charge in [-0.3, -0.25) is 0 Å². The molecule has 0 fully saturated rings. The third kappa shape index (κ3) is 5.48. The van der Waals surface area contributed by atoms with Crippen molar-refractivity contribution in [1.29, 1.82) is 0 Å². The fourth-order valence-electron chi connectivity index (χ4n) is 7.14. The highest BCUT2D eigenvalue weighted by Gasteiger charge is 2.35. The number of fused-ring (bicyclic) bond motifs is 3. The van der Waals surface area contributed by atoms with E-state index in [1.54, 1.807) is 0 Å². The zero-order chi connectivity index (χ0) is 31.7. The molecule has 0 radical (unpaired) electrons. The summed E-state index contributed by atoms with van der Waals surface area (Å²) in [4.78, 5) is 0. The number of allylic oxidation sites excluding steroid dienone is 2. The zero-order valence-electron chi connectivity index (χ0n) is 27.1. The summed E-state index contributed by atoms with van der Waals surface area (Å²) in [5, 5.41) is 0. The van der Waals surface area contributed by atoms with E-state index < -0.39 is 0 Å². The van der Waals surface area contributed by atoms with Crippen molar-refractivity contribution in [3.05, 3.63) is 168 Å². The second kappa shape index (κ2) is 12.3. The lowest BCUT2D eigenvalue weighted by Gasteiger charge is -2.22.